The fourth-order valence-electron chi connectivity index (χ4n) is 11.7. The molecule has 9 aromatic carbocycles. The molecule has 0 N–H and O–H groups in total. The Morgan fingerprint density at radius 2 is 0.985 bits per heavy atom. The first-order valence-electron chi connectivity index (χ1n) is 21.9. The first-order chi connectivity index (χ1) is 31.9. The van der Waals surface area contributed by atoms with Crippen LogP contribution in [0.1, 0.15) is 27.8 Å². The highest BCUT2D eigenvalue weighted by atomic mass is 32.1. The summed E-state index contributed by atoms with van der Waals surface area (Å²) in [6.07, 6.45) is -4.41. The molecule has 2 aliphatic heterocycles. The summed E-state index contributed by atoms with van der Waals surface area (Å²) in [5, 5.41) is 1.21. The van der Waals surface area contributed by atoms with Gasteiger partial charge in [0.05, 0.1) is 16.7 Å². The van der Waals surface area contributed by atoms with E-state index in [-0.39, 0.29) is 6.71 Å². The molecule has 0 saturated heterocycles. The zero-order valence-electron chi connectivity index (χ0n) is 34.6. The Morgan fingerprint density at radius 1 is 0.446 bits per heavy atom. The van der Waals surface area contributed by atoms with Crippen LogP contribution in [0.3, 0.4) is 0 Å². The van der Waals surface area contributed by atoms with Crippen molar-refractivity contribution in [2.24, 2.45) is 0 Å². The third kappa shape index (κ3) is 4.91. The van der Waals surface area contributed by atoms with Crippen LogP contribution < -0.4 is 25.5 Å². The van der Waals surface area contributed by atoms with Gasteiger partial charge >= 0.3 is 6.18 Å². The second kappa shape index (κ2) is 13.2. The number of nitrogens with zero attached hydrogens (tertiary/aromatic N) is 2. The topological polar surface area (TPSA) is 6.48 Å². The summed E-state index contributed by atoms with van der Waals surface area (Å²) in [5.74, 6) is 0. The molecule has 3 heterocycles. The third-order valence-corrected chi connectivity index (χ3v) is 15.5. The lowest BCUT2D eigenvalue weighted by Gasteiger charge is -2.43. The molecule has 0 saturated carbocycles. The SMILES string of the molecule is FC(F)(F)c1ccc(-c2ccc3c(c2)N(c2ccccc2)c2cccc4c2B3c2sc3cc5c(cc3c2N4c2ccccc2)-c2ccccc2C52c3ccccc3-c3ccccc32)cc1. The molecule has 0 radical (unpaired) electrons. The second-order valence-corrected chi connectivity index (χ2v) is 18.5. The molecule has 7 heteroatoms. The zero-order chi connectivity index (χ0) is 43.2. The van der Waals surface area contributed by atoms with Crippen LogP contribution in [0.15, 0.2) is 206 Å². The highest BCUT2D eigenvalue weighted by molar-refractivity contribution is 7.33. The number of benzene rings is 9. The predicted molar refractivity (Wildman–Crippen MR) is 263 cm³/mol. The van der Waals surface area contributed by atoms with Crippen LogP contribution in [0.4, 0.5) is 47.3 Å². The molecule has 0 fully saturated rings. The van der Waals surface area contributed by atoms with Gasteiger partial charge in [-0.1, -0.05) is 140 Å². The third-order valence-electron chi connectivity index (χ3n) is 14.3. The number of alkyl halides is 3. The molecule has 1 spiro atoms. The van der Waals surface area contributed by atoms with Crippen LogP contribution >= 0.6 is 11.3 Å². The van der Waals surface area contributed by atoms with Crippen molar-refractivity contribution in [2.45, 2.75) is 11.6 Å². The smallest absolute Gasteiger partial charge is 0.311 e. The fourth-order valence-corrected chi connectivity index (χ4v) is 13.1. The second-order valence-electron chi connectivity index (χ2n) is 17.4. The van der Waals surface area contributed by atoms with Gasteiger partial charge in [-0.3, -0.25) is 0 Å². The Morgan fingerprint density at radius 3 is 1.60 bits per heavy atom. The van der Waals surface area contributed by atoms with Crippen molar-refractivity contribution in [2.75, 3.05) is 9.80 Å². The number of hydrogen-bond acceptors (Lipinski definition) is 3. The molecule has 2 aliphatic carbocycles. The van der Waals surface area contributed by atoms with Gasteiger partial charge in [-0.05, 0) is 133 Å². The molecule has 0 bridgehead atoms. The molecule has 14 rings (SSSR count). The molecule has 0 unspecified atom stereocenters. The maximum Gasteiger partial charge on any atom is 0.416 e. The van der Waals surface area contributed by atoms with E-state index < -0.39 is 17.2 Å². The molecular weight excluding hydrogens is 825 g/mol. The Bertz CT molecular complexity index is 3570. The van der Waals surface area contributed by atoms with Crippen molar-refractivity contribution < 1.29 is 13.2 Å². The van der Waals surface area contributed by atoms with Gasteiger partial charge in [-0.2, -0.15) is 13.2 Å². The van der Waals surface area contributed by atoms with Crippen molar-refractivity contribution >= 4 is 78.0 Å². The van der Waals surface area contributed by atoms with Gasteiger partial charge in [0.25, 0.3) is 6.71 Å². The van der Waals surface area contributed by atoms with Crippen molar-refractivity contribution in [3.63, 3.8) is 0 Å². The molecule has 65 heavy (non-hydrogen) atoms. The quantitative estimate of drug-likeness (QED) is 0.163. The molecule has 10 aromatic rings. The molecule has 0 atom stereocenters. The van der Waals surface area contributed by atoms with Gasteiger partial charge in [0.2, 0.25) is 0 Å². The Kier molecular flexibility index (Phi) is 7.49. The van der Waals surface area contributed by atoms with Gasteiger partial charge in [0.15, 0.2) is 0 Å². The predicted octanol–water partition coefficient (Wildman–Crippen LogP) is 14.0. The molecule has 4 aliphatic rings. The number of halogens is 3. The highest BCUT2D eigenvalue weighted by Crippen LogP contribution is 2.64. The minimum absolute atomic E-state index is 0.116. The van der Waals surface area contributed by atoms with E-state index in [1.54, 1.807) is 12.1 Å². The number of anilines is 6. The average Bonchev–Trinajstić information content (AvgIpc) is 3.97. The van der Waals surface area contributed by atoms with Gasteiger partial charge in [-0.25, -0.2) is 0 Å². The van der Waals surface area contributed by atoms with Gasteiger partial charge < -0.3 is 9.80 Å². The average molecular weight is 859 g/mol. The van der Waals surface area contributed by atoms with Crippen molar-refractivity contribution in [3.8, 4) is 33.4 Å². The molecule has 2 nitrogen and oxygen atoms in total. The van der Waals surface area contributed by atoms with Crippen molar-refractivity contribution in [1.82, 2.24) is 0 Å². The van der Waals surface area contributed by atoms with Crippen LogP contribution in [0.2, 0.25) is 0 Å². The minimum Gasteiger partial charge on any atom is -0.311 e. The summed E-state index contributed by atoms with van der Waals surface area (Å²) in [7, 11) is 0. The summed E-state index contributed by atoms with van der Waals surface area (Å²) in [6, 6.07) is 71.6. The van der Waals surface area contributed by atoms with Crippen LogP contribution in [0.25, 0.3) is 43.5 Å². The number of fused-ring (bicyclic) bond motifs is 16. The lowest BCUT2D eigenvalue weighted by atomic mass is 9.36. The molecule has 0 amide bonds. The molecule has 1 aromatic heterocycles. The maximum atomic E-state index is 13.7. The molecule has 306 valence electrons. The monoisotopic (exact) mass is 858 g/mol. The van der Waals surface area contributed by atoms with Gasteiger partial charge in [0, 0.05) is 43.3 Å². The van der Waals surface area contributed by atoms with Crippen LogP contribution in [-0.4, -0.2) is 6.71 Å². The van der Waals surface area contributed by atoms with E-state index in [0.717, 1.165) is 45.0 Å². The Hall–Kier alpha value is -7.61. The summed E-state index contributed by atoms with van der Waals surface area (Å²) >= 11 is 1.88. The van der Waals surface area contributed by atoms with E-state index in [1.165, 1.54) is 82.7 Å². The van der Waals surface area contributed by atoms with Crippen molar-refractivity contribution in [3.05, 3.63) is 234 Å². The van der Waals surface area contributed by atoms with Crippen LogP contribution in [-0.2, 0) is 11.6 Å². The summed E-state index contributed by atoms with van der Waals surface area (Å²) < 4.78 is 43.6. The van der Waals surface area contributed by atoms with Crippen LogP contribution in [0.5, 0.6) is 0 Å². The Labute approximate surface area is 378 Å². The number of rotatable bonds is 3. The number of para-hydroxylation sites is 2. The maximum absolute atomic E-state index is 13.7. The van der Waals surface area contributed by atoms with Gasteiger partial charge in [-0.15, -0.1) is 11.3 Å². The van der Waals surface area contributed by atoms with Crippen molar-refractivity contribution in [1.29, 1.82) is 0 Å². The lowest BCUT2D eigenvalue weighted by Crippen LogP contribution is -2.60. The summed E-state index contributed by atoms with van der Waals surface area (Å²) in [4.78, 5) is 4.82. The van der Waals surface area contributed by atoms with E-state index in [9.17, 15) is 13.2 Å². The highest BCUT2D eigenvalue weighted by Gasteiger charge is 2.52. The van der Waals surface area contributed by atoms with E-state index in [0.29, 0.717) is 0 Å². The van der Waals surface area contributed by atoms with E-state index in [4.69, 9.17) is 0 Å². The normalized spacial score (nSPS) is 14.4. The zero-order valence-corrected chi connectivity index (χ0v) is 35.5. The Balaban J connectivity index is 1.06. The van der Waals surface area contributed by atoms with E-state index >= 15 is 0 Å². The largest absolute Gasteiger partial charge is 0.416 e. The first-order valence-corrected chi connectivity index (χ1v) is 22.8. The standard InChI is InChI=1S/C58H34BF3N2S/c60-58(61,62)37-29-26-35(27-30-37)36-28-31-49-52(32-36)63(38-14-3-1-4-15-38)50-24-13-25-51-54(50)59(49)56-55(64(51)39-16-5-2-6-17-39)44-33-43-42-20-9-12-23-47(42)57(48(43)34-53(44)65-56)45-21-10-7-18-40(45)41-19-8-11-22-46(41)57/h1-34H. The van der Waals surface area contributed by atoms with E-state index in [2.05, 4.69) is 186 Å². The lowest BCUT2D eigenvalue weighted by molar-refractivity contribution is -0.137. The minimum atomic E-state index is -4.41. The first kappa shape index (κ1) is 36.8. The fraction of sp³-hybridized carbons (Fsp3) is 0.0345. The van der Waals surface area contributed by atoms with E-state index in [1.807, 2.05) is 17.4 Å². The summed E-state index contributed by atoms with van der Waals surface area (Å²) in [6.45, 7) is -0.116. The van der Waals surface area contributed by atoms with Gasteiger partial charge in [0.1, 0.15) is 0 Å². The summed E-state index contributed by atoms with van der Waals surface area (Å²) in [5.41, 5.74) is 19.7. The molecular formula is C58H34BF3N2S. The number of thiophene rings is 1. The van der Waals surface area contributed by atoms with Crippen LogP contribution in [0, 0.1) is 0 Å². The number of hydrogen-bond donors (Lipinski definition) is 0.